The zero-order chi connectivity index (χ0) is 13.0. The van der Waals surface area contributed by atoms with E-state index in [1.807, 2.05) is 18.0 Å². The van der Waals surface area contributed by atoms with E-state index in [0.717, 1.165) is 11.6 Å². The molecule has 0 unspecified atom stereocenters. The van der Waals surface area contributed by atoms with Gasteiger partial charge in [-0.3, -0.25) is 4.79 Å². The molecule has 0 amide bonds. The van der Waals surface area contributed by atoms with Crippen LogP contribution in [0.5, 0.6) is 0 Å². The van der Waals surface area contributed by atoms with Gasteiger partial charge in [-0.25, -0.2) is 9.97 Å². The highest BCUT2D eigenvalue weighted by Gasteiger charge is 2.17. The van der Waals surface area contributed by atoms with E-state index in [9.17, 15) is 4.79 Å². The summed E-state index contributed by atoms with van der Waals surface area (Å²) in [5, 5.41) is 3.39. The van der Waals surface area contributed by atoms with Crippen LogP contribution in [0.15, 0.2) is 12.4 Å². The van der Waals surface area contributed by atoms with Crippen LogP contribution >= 0.6 is 0 Å². The van der Waals surface area contributed by atoms with E-state index < -0.39 is 0 Å². The first-order chi connectivity index (χ1) is 8.65. The number of carbonyl (C=O) groups excluding carboxylic acids is 1. The van der Waals surface area contributed by atoms with Crippen LogP contribution < -0.4 is 10.2 Å². The Bertz CT molecular complexity index is 417. The van der Waals surface area contributed by atoms with E-state index in [-0.39, 0.29) is 5.78 Å². The number of nitrogens with zero attached hydrogens (tertiary/aromatic N) is 3. The van der Waals surface area contributed by atoms with Gasteiger partial charge in [-0.1, -0.05) is 0 Å². The number of aromatic nitrogens is 2. The molecule has 5 heteroatoms. The smallest absolute Gasteiger partial charge is 0.133 e. The Hall–Kier alpha value is -1.65. The first-order valence-corrected chi connectivity index (χ1v) is 6.44. The van der Waals surface area contributed by atoms with Crippen molar-refractivity contribution in [1.82, 2.24) is 9.97 Å². The molecule has 0 saturated heterocycles. The highest BCUT2D eigenvalue weighted by atomic mass is 16.1. The van der Waals surface area contributed by atoms with E-state index in [1.165, 1.54) is 19.3 Å². The lowest BCUT2D eigenvalue weighted by molar-refractivity contribution is -0.116. The van der Waals surface area contributed by atoms with Gasteiger partial charge in [0, 0.05) is 32.1 Å². The molecule has 1 aliphatic carbocycles. The third-order valence-corrected chi connectivity index (χ3v) is 3.30. The average molecular weight is 248 g/mol. The molecule has 1 aliphatic rings. The first kappa shape index (κ1) is 12.8. The third-order valence-electron chi connectivity index (χ3n) is 3.30. The molecule has 1 aromatic heterocycles. The van der Waals surface area contributed by atoms with Gasteiger partial charge in [-0.05, 0) is 26.2 Å². The van der Waals surface area contributed by atoms with Gasteiger partial charge < -0.3 is 10.2 Å². The number of Topliss-reactive ketones (excluding diaryl/α,β-unsaturated/α-hetero) is 1. The molecule has 0 spiro atoms. The quantitative estimate of drug-likeness (QED) is 0.832. The van der Waals surface area contributed by atoms with Gasteiger partial charge in [0.05, 0.1) is 0 Å². The Morgan fingerprint density at radius 3 is 2.89 bits per heavy atom. The number of rotatable bonds is 6. The minimum Gasteiger partial charge on any atom is -0.367 e. The molecule has 1 saturated carbocycles. The Morgan fingerprint density at radius 1 is 1.50 bits per heavy atom. The van der Waals surface area contributed by atoms with E-state index in [1.54, 1.807) is 13.3 Å². The highest BCUT2D eigenvalue weighted by Crippen LogP contribution is 2.23. The molecule has 0 aliphatic heterocycles. The third kappa shape index (κ3) is 3.42. The molecule has 1 N–H and O–H groups in total. The molecule has 1 heterocycles. The second-order valence-corrected chi connectivity index (χ2v) is 4.91. The molecular formula is C13H20N4O. The van der Waals surface area contributed by atoms with Crippen molar-refractivity contribution in [2.45, 2.75) is 38.6 Å². The summed E-state index contributed by atoms with van der Waals surface area (Å²) in [4.78, 5) is 21.4. The van der Waals surface area contributed by atoms with Gasteiger partial charge in [-0.15, -0.1) is 0 Å². The summed E-state index contributed by atoms with van der Waals surface area (Å²) in [5.41, 5.74) is 0. The number of hydrogen-bond acceptors (Lipinski definition) is 5. The highest BCUT2D eigenvalue weighted by molar-refractivity contribution is 5.76. The van der Waals surface area contributed by atoms with Gasteiger partial charge in [0.2, 0.25) is 0 Å². The van der Waals surface area contributed by atoms with Gasteiger partial charge in [0.1, 0.15) is 23.7 Å². The molecule has 5 nitrogen and oxygen atoms in total. The number of hydrogen-bond donors (Lipinski definition) is 1. The summed E-state index contributed by atoms with van der Waals surface area (Å²) in [6.07, 6.45) is 5.86. The number of ketones is 1. The zero-order valence-electron chi connectivity index (χ0n) is 11.0. The summed E-state index contributed by atoms with van der Waals surface area (Å²) in [6.45, 7) is 2.30. The maximum absolute atomic E-state index is 11.0. The Morgan fingerprint density at radius 2 is 2.28 bits per heavy atom. The summed E-state index contributed by atoms with van der Waals surface area (Å²) >= 11 is 0. The lowest BCUT2D eigenvalue weighted by Crippen LogP contribution is -2.28. The van der Waals surface area contributed by atoms with Crippen LogP contribution in [0.25, 0.3) is 0 Å². The lowest BCUT2D eigenvalue weighted by Gasteiger charge is -2.27. The molecule has 2 rings (SSSR count). The van der Waals surface area contributed by atoms with E-state index >= 15 is 0 Å². The standard InChI is InChI=1S/C13H20N4O/c1-10(18)6-7-17(2)13-8-12(14-9-15-13)16-11-4-3-5-11/h8-9,11H,3-7H2,1-2H3,(H,14,15,16). The Kier molecular flexibility index (Phi) is 4.12. The summed E-state index contributed by atoms with van der Waals surface area (Å²) in [6, 6.07) is 2.51. The molecular weight excluding hydrogens is 228 g/mol. The molecule has 0 atom stereocenters. The molecule has 1 fully saturated rings. The van der Waals surface area contributed by atoms with Gasteiger partial charge >= 0.3 is 0 Å². The Balaban J connectivity index is 1.94. The average Bonchev–Trinajstić information content (AvgIpc) is 2.31. The SMILES string of the molecule is CC(=O)CCN(C)c1cc(NC2CCC2)ncn1. The topological polar surface area (TPSA) is 58.1 Å². The van der Waals surface area contributed by atoms with Crippen LogP contribution in [-0.4, -0.2) is 35.4 Å². The van der Waals surface area contributed by atoms with Crippen molar-refractivity contribution >= 4 is 17.4 Å². The molecule has 0 aromatic carbocycles. The largest absolute Gasteiger partial charge is 0.367 e. The van der Waals surface area contributed by atoms with Crippen LogP contribution in [0.2, 0.25) is 0 Å². The van der Waals surface area contributed by atoms with Crippen molar-refractivity contribution in [3.05, 3.63) is 12.4 Å². The van der Waals surface area contributed by atoms with Gasteiger partial charge in [0.15, 0.2) is 0 Å². The maximum atomic E-state index is 11.0. The van der Waals surface area contributed by atoms with Crippen molar-refractivity contribution < 1.29 is 4.79 Å². The van der Waals surface area contributed by atoms with Crippen molar-refractivity contribution in [2.75, 3.05) is 23.8 Å². The minimum absolute atomic E-state index is 0.198. The Labute approximate surface area is 108 Å². The number of carbonyl (C=O) groups is 1. The molecule has 1 aromatic rings. The van der Waals surface area contributed by atoms with Crippen LogP contribution in [0.1, 0.15) is 32.6 Å². The molecule has 0 radical (unpaired) electrons. The van der Waals surface area contributed by atoms with Gasteiger partial charge in [0.25, 0.3) is 0 Å². The van der Waals surface area contributed by atoms with Crippen LogP contribution in [0.4, 0.5) is 11.6 Å². The fourth-order valence-corrected chi connectivity index (χ4v) is 1.84. The van der Waals surface area contributed by atoms with Crippen LogP contribution in [-0.2, 0) is 4.79 Å². The summed E-state index contributed by atoms with van der Waals surface area (Å²) in [7, 11) is 1.94. The molecule has 18 heavy (non-hydrogen) atoms. The normalized spacial score (nSPS) is 15.0. The monoisotopic (exact) mass is 248 g/mol. The van der Waals surface area contributed by atoms with Crippen LogP contribution in [0.3, 0.4) is 0 Å². The summed E-state index contributed by atoms with van der Waals surface area (Å²) in [5.74, 6) is 1.93. The molecule has 0 bridgehead atoms. The fourth-order valence-electron chi connectivity index (χ4n) is 1.84. The maximum Gasteiger partial charge on any atom is 0.133 e. The minimum atomic E-state index is 0.198. The van der Waals surface area contributed by atoms with Crippen molar-refractivity contribution in [2.24, 2.45) is 0 Å². The van der Waals surface area contributed by atoms with E-state index in [2.05, 4.69) is 15.3 Å². The lowest BCUT2D eigenvalue weighted by atomic mass is 9.93. The second kappa shape index (κ2) is 5.80. The van der Waals surface area contributed by atoms with Crippen molar-refractivity contribution in [3.63, 3.8) is 0 Å². The van der Waals surface area contributed by atoms with Gasteiger partial charge in [-0.2, -0.15) is 0 Å². The van der Waals surface area contributed by atoms with E-state index in [0.29, 0.717) is 19.0 Å². The molecule has 98 valence electrons. The summed E-state index contributed by atoms with van der Waals surface area (Å²) < 4.78 is 0. The predicted molar refractivity (Wildman–Crippen MR) is 71.9 cm³/mol. The second-order valence-electron chi connectivity index (χ2n) is 4.91. The van der Waals surface area contributed by atoms with Crippen molar-refractivity contribution in [1.29, 1.82) is 0 Å². The van der Waals surface area contributed by atoms with E-state index in [4.69, 9.17) is 0 Å². The number of anilines is 2. The predicted octanol–water partition coefficient (Wildman–Crippen LogP) is 1.86. The van der Waals surface area contributed by atoms with Crippen molar-refractivity contribution in [3.8, 4) is 0 Å². The zero-order valence-corrected chi connectivity index (χ0v) is 11.0. The fraction of sp³-hybridized carbons (Fsp3) is 0.615. The number of nitrogens with one attached hydrogen (secondary N) is 1. The van der Waals surface area contributed by atoms with Crippen LogP contribution in [0, 0.1) is 0 Å². The first-order valence-electron chi connectivity index (χ1n) is 6.44.